The average molecular weight is 494 g/mol. The number of aliphatic carboxylic acids is 2. The van der Waals surface area contributed by atoms with Gasteiger partial charge in [-0.15, -0.1) is 0 Å². The van der Waals surface area contributed by atoms with Crippen molar-refractivity contribution in [3.8, 4) is 5.75 Å². The van der Waals surface area contributed by atoms with Gasteiger partial charge < -0.3 is 20.3 Å². The molecule has 0 saturated heterocycles. The largest absolute Gasteiger partial charge is 0.492 e. The maximum atomic E-state index is 12.2. The maximum absolute atomic E-state index is 12.2. The van der Waals surface area contributed by atoms with Crippen LogP contribution in [0.15, 0.2) is 17.1 Å². The number of amides is 1. The number of rotatable bonds is 12. The summed E-state index contributed by atoms with van der Waals surface area (Å²) >= 11 is 4.55. The van der Waals surface area contributed by atoms with Gasteiger partial charge in [0.15, 0.2) is 0 Å². The Bertz CT molecular complexity index is 893. The van der Waals surface area contributed by atoms with Crippen LogP contribution in [0.5, 0.6) is 5.75 Å². The van der Waals surface area contributed by atoms with Gasteiger partial charge in [-0.05, 0) is 43.6 Å². The normalized spacial score (nSPS) is 15.4. The lowest BCUT2D eigenvalue weighted by atomic mass is 10.2. The first kappa shape index (κ1) is 27.3. The lowest BCUT2D eigenvalue weighted by Gasteiger charge is -2.25. The summed E-state index contributed by atoms with van der Waals surface area (Å²) in [5, 5.41) is 23.6. The molecule has 1 aliphatic heterocycles. The Labute approximate surface area is 203 Å². The summed E-state index contributed by atoms with van der Waals surface area (Å²) in [4.78, 5) is 46.5. The van der Waals surface area contributed by atoms with Gasteiger partial charge >= 0.3 is 11.9 Å². The number of hydrogen-bond donors (Lipinski definition) is 3. The van der Waals surface area contributed by atoms with Gasteiger partial charge in [0, 0.05) is 32.7 Å². The number of fused-ring (bicyclic) bond motifs is 2. The van der Waals surface area contributed by atoms with E-state index in [2.05, 4.69) is 32.7 Å². The molecule has 0 atom stereocenters. The lowest BCUT2D eigenvalue weighted by molar-refractivity contribution is -0.139. The minimum absolute atomic E-state index is 0.101. The molecule has 1 amide bonds. The molecule has 34 heavy (non-hydrogen) atoms. The number of carboxylic acids is 2. The van der Waals surface area contributed by atoms with Crippen LogP contribution in [0.3, 0.4) is 0 Å². The van der Waals surface area contributed by atoms with E-state index in [1.54, 1.807) is 17.0 Å². The van der Waals surface area contributed by atoms with Crippen LogP contribution in [-0.4, -0.2) is 93.9 Å². The van der Waals surface area contributed by atoms with Crippen molar-refractivity contribution in [2.75, 3.05) is 45.9 Å². The van der Waals surface area contributed by atoms with Crippen LogP contribution in [0, 0.1) is 0 Å². The zero-order valence-electron chi connectivity index (χ0n) is 19.1. The molecule has 2 heterocycles. The Hall–Kier alpha value is -2.92. The number of nitrogens with zero attached hydrogens (tertiary/aromatic N) is 4. The number of isothiocyanates is 1. The van der Waals surface area contributed by atoms with Crippen molar-refractivity contribution < 1.29 is 29.3 Å². The molecule has 0 aliphatic carbocycles. The first-order valence-electron chi connectivity index (χ1n) is 11.2. The Morgan fingerprint density at radius 3 is 2.56 bits per heavy atom. The molecule has 0 fully saturated rings. The summed E-state index contributed by atoms with van der Waals surface area (Å²) in [6.07, 6.45) is 3.77. The molecule has 2 rings (SSSR count). The van der Waals surface area contributed by atoms with Crippen LogP contribution in [0.2, 0.25) is 0 Å². The minimum atomic E-state index is -1.04. The molecule has 1 aromatic heterocycles. The van der Waals surface area contributed by atoms with Gasteiger partial charge in [0.1, 0.15) is 5.75 Å². The lowest BCUT2D eigenvalue weighted by Crippen LogP contribution is -2.43. The number of aromatic nitrogens is 1. The van der Waals surface area contributed by atoms with E-state index in [4.69, 9.17) is 4.74 Å². The molecular weight excluding hydrogens is 462 g/mol. The highest BCUT2D eigenvalue weighted by molar-refractivity contribution is 7.78. The van der Waals surface area contributed by atoms with Gasteiger partial charge in [-0.3, -0.25) is 29.2 Å². The van der Waals surface area contributed by atoms with Crippen molar-refractivity contribution in [1.29, 1.82) is 0 Å². The monoisotopic (exact) mass is 493 g/mol. The molecule has 0 radical (unpaired) electrons. The number of thiocarbonyl (C=S) groups is 1. The van der Waals surface area contributed by atoms with Gasteiger partial charge in [-0.1, -0.05) is 6.42 Å². The van der Waals surface area contributed by atoms with Gasteiger partial charge in [0.2, 0.25) is 5.91 Å². The van der Waals surface area contributed by atoms with Crippen LogP contribution in [0.4, 0.5) is 0 Å². The van der Waals surface area contributed by atoms with Crippen LogP contribution >= 0.6 is 12.2 Å². The number of carboxylic acid groups (broad SMARTS) is 2. The zero-order valence-corrected chi connectivity index (χ0v) is 19.9. The molecule has 12 heteroatoms. The molecule has 3 N–H and O–H groups in total. The third-order valence-electron chi connectivity index (χ3n) is 5.07. The van der Waals surface area contributed by atoms with Crippen LogP contribution in [0.1, 0.15) is 37.1 Å². The van der Waals surface area contributed by atoms with Gasteiger partial charge in [-0.2, -0.15) is 0 Å². The predicted octanol–water partition coefficient (Wildman–Crippen LogP) is 1.03. The number of aliphatic imine (C=N–C) groups is 1. The van der Waals surface area contributed by atoms with E-state index in [0.29, 0.717) is 36.8 Å². The fourth-order valence-electron chi connectivity index (χ4n) is 3.56. The number of ether oxygens (including phenoxy) is 1. The molecule has 0 saturated carbocycles. The summed E-state index contributed by atoms with van der Waals surface area (Å²) in [6.45, 7) is 1.47. The Morgan fingerprint density at radius 2 is 1.82 bits per heavy atom. The fraction of sp³-hybridized carbons (Fsp3) is 0.591. The highest BCUT2D eigenvalue weighted by Gasteiger charge is 2.20. The second kappa shape index (κ2) is 15.1. The van der Waals surface area contributed by atoms with Crippen molar-refractivity contribution in [2.45, 2.75) is 38.8 Å². The molecule has 0 spiro atoms. The first-order valence-corrected chi connectivity index (χ1v) is 11.6. The summed E-state index contributed by atoms with van der Waals surface area (Å²) in [7, 11) is 0. The third kappa shape index (κ3) is 10.8. The smallest absolute Gasteiger partial charge is 0.317 e. The Balaban J connectivity index is 2.13. The summed E-state index contributed by atoms with van der Waals surface area (Å²) < 4.78 is 5.96. The minimum Gasteiger partial charge on any atom is -0.492 e. The highest BCUT2D eigenvalue weighted by Crippen LogP contribution is 2.21. The molecule has 11 nitrogen and oxygen atoms in total. The molecule has 186 valence electrons. The molecular formula is C22H31N5O6S. The summed E-state index contributed by atoms with van der Waals surface area (Å²) in [6, 6.07) is 3.51. The summed E-state index contributed by atoms with van der Waals surface area (Å²) in [5.74, 6) is -1.79. The third-order valence-corrected chi connectivity index (χ3v) is 5.20. The van der Waals surface area contributed by atoms with Gasteiger partial charge in [0.25, 0.3) is 0 Å². The van der Waals surface area contributed by atoms with Crippen molar-refractivity contribution in [1.82, 2.24) is 20.1 Å². The number of nitrogens with one attached hydrogen (secondary N) is 1. The maximum Gasteiger partial charge on any atom is 0.317 e. The second-order valence-corrected chi connectivity index (χ2v) is 8.16. The average Bonchev–Trinajstić information content (AvgIpc) is 2.75. The molecule has 1 aliphatic rings. The standard InChI is InChI=1S/C22H31N5O6S/c28-20-13-27(15-22(31)32)11-17-5-6-19(33-10-4-2-1-3-7-23-16-34)18(25-17)12-26(9-8-24-20)14-21(29)30/h5-6H,1-4,7-15H2,(H,24,28)(H,29,30)(H,31,32). The van der Waals surface area contributed by atoms with E-state index >= 15 is 0 Å². The summed E-state index contributed by atoms with van der Waals surface area (Å²) in [5.41, 5.74) is 1.16. The molecule has 2 bridgehead atoms. The Morgan fingerprint density at radius 1 is 1.09 bits per heavy atom. The molecule has 0 aromatic carbocycles. The first-order chi connectivity index (χ1) is 16.4. The number of carbonyl (C=O) groups excluding carboxylic acids is 1. The molecule has 0 unspecified atom stereocenters. The predicted molar refractivity (Wildman–Crippen MR) is 127 cm³/mol. The van der Waals surface area contributed by atoms with Crippen molar-refractivity contribution >= 4 is 35.2 Å². The van der Waals surface area contributed by atoms with Crippen molar-refractivity contribution in [3.63, 3.8) is 0 Å². The van der Waals surface area contributed by atoms with E-state index in [1.807, 2.05) is 0 Å². The van der Waals surface area contributed by atoms with Crippen molar-refractivity contribution in [3.05, 3.63) is 23.5 Å². The van der Waals surface area contributed by atoms with Gasteiger partial charge in [-0.25, -0.2) is 4.99 Å². The highest BCUT2D eigenvalue weighted by atomic mass is 32.1. The Kier molecular flexibility index (Phi) is 12.1. The second-order valence-electron chi connectivity index (χ2n) is 7.98. The van der Waals surface area contributed by atoms with E-state index in [0.717, 1.165) is 25.7 Å². The van der Waals surface area contributed by atoms with E-state index in [-0.39, 0.29) is 45.2 Å². The van der Waals surface area contributed by atoms with Crippen LogP contribution < -0.4 is 10.1 Å². The fourth-order valence-corrected chi connectivity index (χ4v) is 3.65. The van der Waals surface area contributed by atoms with E-state index in [9.17, 15) is 24.6 Å². The number of hydrogen-bond acceptors (Lipinski definition) is 9. The number of carbonyl (C=O) groups is 3. The zero-order chi connectivity index (χ0) is 24.8. The van der Waals surface area contributed by atoms with Crippen LogP contribution in [-0.2, 0) is 27.5 Å². The topological polar surface area (TPSA) is 145 Å². The SMILES string of the molecule is O=C(O)CN1CC(=O)NCCN(CC(=O)O)Cc2nc(ccc2OCCCCCCN=C=S)C1. The number of pyridine rings is 1. The van der Waals surface area contributed by atoms with E-state index < -0.39 is 11.9 Å². The molecule has 1 aromatic rings. The van der Waals surface area contributed by atoms with E-state index in [1.165, 1.54) is 4.90 Å². The van der Waals surface area contributed by atoms with Crippen LogP contribution in [0.25, 0.3) is 0 Å². The van der Waals surface area contributed by atoms with Gasteiger partial charge in [0.05, 0.1) is 42.8 Å². The number of unbranched alkanes of at least 4 members (excludes halogenated alkanes) is 3. The van der Waals surface area contributed by atoms with Crippen molar-refractivity contribution in [2.24, 2.45) is 4.99 Å². The quantitative estimate of drug-likeness (QED) is 0.219.